The zero-order valence-electron chi connectivity index (χ0n) is 17.4. The summed E-state index contributed by atoms with van der Waals surface area (Å²) in [7, 11) is 0. The van der Waals surface area contributed by atoms with Crippen LogP contribution >= 0.6 is 0 Å². The van der Waals surface area contributed by atoms with Crippen LogP contribution in [0.25, 0.3) is 0 Å². The molecule has 0 aliphatic carbocycles. The molecule has 0 saturated carbocycles. The number of halogens is 18. The molecule has 0 fully saturated rings. The lowest BCUT2D eigenvalue weighted by molar-refractivity contribution is -0.455. The molecule has 22 heteroatoms. The number of carbonyl (C=O) groups excluding carboxylic acids is 2. The van der Waals surface area contributed by atoms with Crippen LogP contribution in [0.2, 0.25) is 0 Å². The molecule has 4 nitrogen and oxygen atoms in total. The van der Waals surface area contributed by atoms with E-state index in [9.17, 15) is 88.6 Å². The zero-order chi connectivity index (χ0) is 30.5. The van der Waals surface area contributed by atoms with Crippen LogP contribution in [0, 0.1) is 5.41 Å². The van der Waals surface area contributed by atoms with Gasteiger partial charge in [-0.2, -0.15) is 79.0 Å². The summed E-state index contributed by atoms with van der Waals surface area (Å²) in [5.74, 6) is -59.9. The second-order valence-corrected chi connectivity index (χ2v) is 6.63. The third-order valence-electron chi connectivity index (χ3n) is 4.39. The largest absolute Gasteiger partial charge is 0.465 e. The molecule has 0 heterocycles. The number of carbonyl (C=O) groups is 2. The summed E-state index contributed by atoms with van der Waals surface area (Å²) in [6, 6.07) is 0. The molecule has 37 heavy (non-hydrogen) atoms. The first kappa shape index (κ1) is 34.7. The molecular formula is C15H10F18O4. The topological polar surface area (TPSA) is 52.6 Å². The molecule has 0 saturated heterocycles. The molecule has 220 valence electrons. The molecule has 0 unspecified atom stereocenters. The Kier molecular flexibility index (Phi) is 8.86. The highest BCUT2D eigenvalue weighted by molar-refractivity contribution is 6.03. The summed E-state index contributed by atoms with van der Waals surface area (Å²) >= 11 is 0. The number of ether oxygens (including phenoxy) is 2. The molecule has 0 N–H and O–H groups in total. The Bertz CT molecular complexity index is 838. The smallest absolute Gasteiger partial charge is 0.460 e. The van der Waals surface area contributed by atoms with Crippen molar-refractivity contribution in [1.82, 2.24) is 0 Å². The van der Waals surface area contributed by atoms with Crippen molar-refractivity contribution in [3.05, 3.63) is 0 Å². The summed E-state index contributed by atoms with van der Waals surface area (Å²) in [4.78, 5) is 23.6. The number of rotatable bonds is 10. The fraction of sp³-hybridized carbons (Fsp3) is 0.867. The summed E-state index contributed by atoms with van der Waals surface area (Å²) in [6.07, 6.45) is -15.8. The highest BCUT2D eigenvalue weighted by Gasteiger charge is 2.99. The number of hydrogen-bond acceptors (Lipinski definition) is 4. The molecule has 0 spiro atoms. The van der Waals surface area contributed by atoms with Gasteiger partial charge in [0.05, 0.1) is 13.2 Å². The van der Waals surface area contributed by atoms with Crippen LogP contribution in [0.4, 0.5) is 79.0 Å². The SMILES string of the molecule is CCOC(=O)C(C(=O)OCC)(C(F)(F)C(F)(F)F)C(F)(F)C(F)(F)C(F)(F)C(F)(F)C(F)(F)C(F)(F)F. The Labute approximate surface area is 191 Å². The molecule has 0 aromatic carbocycles. The van der Waals surface area contributed by atoms with Crippen LogP contribution in [-0.4, -0.2) is 73.0 Å². The zero-order valence-corrected chi connectivity index (χ0v) is 17.4. The van der Waals surface area contributed by atoms with Crippen LogP contribution in [-0.2, 0) is 19.1 Å². The van der Waals surface area contributed by atoms with Crippen LogP contribution in [0.5, 0.6) is 0 Å². The second-order valence-electron chi connectivity index (χ2n) is 6.63. The van der Waals surface area contributed by atoms with Gasteiger partial charge in [-0.1, -0.05) is 0 Å². The van der Waals surface area contributed by atoms with Crippen LogP contribution in [0.1, 0.15) is 13.8 Å². The van der Waals surface area contributed by atoms with Crippen LogP contribution in [0.3, 0.4) is 0 Å². The maximum absolute atomic E-state index is 14.7. The Morgan fingerprint density at radius 2 is 0.676 bits per heavy atom. The first-order valence-electron chi connectivity index (χ1n) is 8.71. The van der Waals surface area contributed by atoms with Crippen molar-refractivity contribution in [2.75, 3.05) is 13.2 Å². The van der Waals surface area contributed by atoms with Gasteiger partial charge in [0.1, 0.15) is 0 Å². The Hall–Kier alpha value is -2.32. The molecule has 0 aromatic heterocycles. The van der Waals surface area contributed by atoms with E-state index >= 15 is 0 Å². The summed E-state index contributed by atoms with van der Waals surface area (Å²) in [6.45, 7) is -2.67. The minimum atomic E-state index is -8.92. The van der Waals surface area contributed by atoms with Gasteiger partial charge in [0, 0.05) is 0 Å². The van der Waals surface area contributed by atoms with Crippen LogP contribution < -0.4 is 0 Å². The van der Waals surface area contributed by atoms with Gasteiger partial charge in [0.15, 0.2) is 0 Å². The van der Waals surface area contributed by atoms with Crippen molar-refractivity contribution in [2.45, 2.75) is 61.7 Å². The number of esters is 2. The first-order chi connectivity index (χ1) is 16.0. The highest BCUT2D eigenvalue weighted by Crippen LogP contribution is 2.67. The molecular weight excluding hydrogens is 586 g/mol. The minimum Gasteiger partial charge on any atom is -0.465 e. The second kappa shape index (κ2) is 9.45. The Morgan fingerprint density at radius 3 is 0.919 bits per heavy atom. The van der Waals surface area contributed by atoms with E-state index in [1.54, 1.807) is 0 Å². The molecule has 0 amide bonds. The average Bonchev–Trinajstić information content (AvgIpc) is 2.66. The molecule has 0 aromatic rings. The van der Waals surface area contributed by atoms with E-state index in [0.717, 1.165) is 0 Å². The maximum Gasteiger partial charge on any atom is 0.460 e. The van der Waals surface area contributed by atoms with Crippen LogP contribution in [0.15, 0.2) is 0 Å². The fourth-order valence-electron chi connectivity index (χ4n) is 2.49. The third-order valence-corrected chi connectivity index (χ3v) is 4.39. The molecule has 0 bridgehead atoms. The normalized spacial score (nSPS) is 15.5. The van der Waals surface area contributed by atoms with E-state index in [2.05, 4.69) is 9.47 Å². The van der Waals surface area contributed by atoms with E-state index in [0.29, 0.717) is 13.8 Å². The molecule has 0 atom stereocenters. The van der Waals surface area contributed by atoms with E-state index < -0.39 is 78.5 Å². The average molecular weight is 596 g/mol. The molecule has 0 rings (SSSR count). The van der Waals surface area contributed by atoms with Gasteiger partial charge < -0.3 is 9.47 Å². The van der Waals surface area contributed by atoms with Crippen molar-refractivity contribution in [1.29, 1.82) is 0 Å². The number of hydrogen-bond donors (Lipinski definition) is 0. The van der Waals surface area contributed by atoms with Crippen molar-refractivity contribution in [3.63, 3.8) is 0 Å². The van der Waals surface area contributed by atoms with Gasteiger partial charge in [0.25, 0.3) is 0 Å². The highest BCUT2D eigenvalue weighted by atomic mass is 19.4. The lowest BCUT2D eigenvalue weighted by atomic mass is 9.70. The van der Waals surface area contributed by atoms with Crippen molar-refractivity contribution in [2.24, 2.45) is 5.41 Å². The molecule has 0 radical (unpaired) electrons. The quantitative estimate of drug-likeness (QED) is 0.176. The van der Waals surface area contributed by atoms with Gasteiger partial charge in [-0.05, 0) is 13.8 Å². The first-order valence-corrected chi connectivity index (χ1v) is 8.71. The Morgan fingerprint density at radius 1 is 0.432 bits per heavy atom. The van der Waals surface area contributed by atoms with Gasteiger partial charge >= 0.3 is 65.2 Å². The van der Waals surface area contributed by atoms with Gasteiger partial charge in [0.2, 0.25) is 0 Å². The van der Waals surface area contributed by atoms with Crippen molar-refractivity contribution in [3.8, 4) is 0 Å². The predicted molar refractivity (Wildman–Crippen MR) is 77.5 cm³/mol. The predicted octanol–water partition coefficient (Wildman–Crippen LogP) is 6.04. The van der Waals surface area contributed by atoms with E-state index in [1.807, 2.05) is 0 Å². The monoisotopic (exact) mass is 596 g/mol. The fourth-order valence-corrected chi connectivity index (χ4v) is 2.49. The lowest BCUT2D eigenvalue weighted by Crippen LogP contribution is -2.78. The summed E-state index contributed by atoms with van der Waals surface area (Å²) in [5.41, 5.74) is -7.44. The van der Waals surface area contributed by atoms with Crippen molar-refractivity contribution < 1.29 is 98.1 Å². The van der Waals surface area contributed by atoms with Gasteiger partial charge in [-0.3, -0.25) is 9.59 Å². The third kappa shape index (κ3) is 4.40. The summed E-state index contributed by atoms with van der Waals surface area (Å²) < 4.78 is 249. The van der Waals surface area contributed by atoms with Crippen molar-refractivity contribution >= 4 is 11.9 Å². The van der Waals surface area contributed by atoms with Gasteiger partial charge in [-0.25, -0.2) is 0 Å². The van der Waals surface area contributed by atoms with E-state index in [4.69, 9.17) is 0 Å². The van der Waals surface area contributed by atoms with E-state index in [-0.39, 0.29) is 0 Å². The molecule has 0 aliphatic heterocycles. The van der Waals surface area contributed by atoms with Gasteiger partial charge in [-0.15, -0.1) is 0 Å². The lowest BCUT2D eigenvalue weighted by Gasteiger charge is -2.46. The van der Waals surface area contributed by atoms with E-state index in [1.165, 1.54) is 0 Å². The number of alkyl halides is 18. The molecule has 0 aliphatic rings. The minimum absolute atomic E-state index is 0.350. The Balaban J connectivity index is 7.96. The standard InChI is InChI=1S/C15H10F18O4/c1-3-36-5(34)7(6(35)37-4-2,9(18,19)14(28,29)30)8(16,17)10(20,21)11(22,23)12(24,25)13(26,27)15(31,32)33/h3-4H2,1-2H3. The maximum atomic E-state index is 14.7. The summed E-state index contributed by atoms with van der Waals surface area (Å²) in [5, 5.41) is 0.